The van der Waals surface area contributed by atoms with Crippen LogP contribution < -0.4 is 0 Å². The van der Waals surface area contributed by atoms with Crippen LogP contribution in [-0.2, 0) is 10.8 Å². The molecule has 2 aromatic rings. The zero-order chi connectivity index (χ0) is 26.3. The van der Waals surface area contributed by atoms with Crippen LogP contribution in [0.4, 0.5) is 0 Å². The van der Waals surface area contributed by atoms with E-state index in [1.54, 1.807) is 0 Å². The predicted molar refractivity (Wildman–Crippen MR) is 152 cm³/mol. The van der Waals surface area contributed by atoms with Gasteiger partial charge in [-0.15, -0.1) is 0 Å². The van der Waals surface area contributed by atoms with Gasteiger partial charge in [-0.05, 0) is 78.8 Å². The summed E-state index contributed by atoms with van der Waals surface area (Å²) in [6.45, 7) is 6.08. The third-order valence-corrected chi connectivity index (χ3v) is 8.43. The minimum Gasteiger partial charge on any atom is -0.392 e. The van der Waals surface area contributed by atoms with Gasteiger partial charge in [0.1, 0.15) is 0 Å². The van der Waals surface area contributed by atoms with Crippen molar-refractivity contribution in [2.45, 2.75) is 88.3 Å². The molecule has 4 rings (SSSR count). The molecule has 2 saturated carbocycles. The average molecular weight is 495 g/mol. The van der Waals surface area contributed by atoms with E-state index in [-0.39, 0.29) is 23.0 Å². The fraction of sp³-hybridized carbons (Fsp3) is 0.625. The number of aryl methyl sites for hydroxylation is 2. The van der Waals surface area contributed by atoms with E-state index in [1.165, 1.54) is 35.1 Å². The van der Waals surface area contributed by atoms with Crippen LogP contribution in [0.15, 0.2) is 48.5 Å². The van der Waals surface area contributed by atoms with E-state index in [9.17, 15) is 10.2 Å². The first kappa shape index (κ1) is 28.8. The number of benzene rings is 2. The normalized spacial score (nSPS) is 28.6. The minimum atomic E-state index is -0.212. The van der Waals surface area contributed by atoms with E-state index in [2.05, 4.69) is 100 Å². The van der Waals surface area contributed by atoms with E-state index in [0.717, 1.165) is 51.6 Å². The van der Waals surface area contributed by atoms with Crippen LogP contribution in [0.3, 0.4) is 0 Å². The molecular formula is C32H50N2O2. The van der Waals surface area contributed by atoms with E-state index < -0.39 is 0 Å². The summed E-state index contributed by atoms with van der Waals surface area (Å²) >= 11 is 0. The first-order valence-electron chi connectivity index (χ1n) is 13.9. The number of likely N-dealkylation sites (N-methyl/N-ethyl adjacent to an activating group) is 2. The van der Waals surface area contributed by atoms with Crippen LogP contribution in [0.5, 0.6) is 0 Å². The Morgan fingerprint density at radius 1 is 0.611 bits per heavy atom. The van der Waals surface area contributed by atoms with Crippen LogP contribution >= 0.6 is 0 Å². The molecule has 0 amide bonds. The summed E-state index contributed by atoms with van der Waals surface area (Å²) in [7, 11) is 8.38. The molecule has 2 aromatic carbocycles. The Morgan fingerprint density at radius 3 is 1.22 bits per heavy atom. The summed E-state index contributed by atoms with van der Waals surface area (Å²) < 4.78 is 0. The van der Waals surface area contributed by atoms with Crippen molar-refractivity contribution in [1.82, 2.24) is 9.80 Å². The van der Waals surface area contributed by atoms with Gasteiger partial charge < -0.3 is 20.0 Å². The van der Waals surface area contributed by atoms with Gasteiger partial charge in [0.25, 0.3) is 0 Å². The molecule has 0 radical (unpaired) electrons. The maximum atomic E-state index is 10.6. The van der Waals surface area contributed by atoms with Crippen molar-refractivity contribution in [2.75, 3.05) is 41.3 Å². The lowest BCUT2D eigenvalue weighted by Gasteiger charge is -2.44. The Hall–Kier alpha value is -1.72. The molecule has 36 heavy (non-hydrogen) atoms. The van der Waals surface area contributed by atoms with Gasteiger partial charge in [-0.25, -0.2) is 0 Å². The molecule has 0 spiro atoms. The number of rotatable bonds is 6. The van der Waals surface area contributed by atoms with E-state index in [1.807, 2.05) is 0 Å². The lowest BCUT2D eigenvalue weighted by molar-refractivity contribution is 0.0263. The quantitative estimate of drug-likeness (QED) is 0.560. The summed E-state index contributed by atoms with van der Waals surface area (Å²) in [6, 6.07) is 17.5. The lowest BCUT2D eigenvalue weighted by Crippen LogP contribution is -2.49. The highest BCUT2D eigenvalue weighted by atomic mass is 16.3. The molecule has 200 valence electrons. The van der Waals surface area contributed by atoms with Crippen molar-refractivity contribution in [3.8, 4) is 0 Å². The lowest BCUT2D eigenvalue weighted by atomic mass is 9.67. The molecule has 0 aromatic heterocycles. The third kappa shape index (κ3) is 6.77. The average Bonchev–Trinajstić information content (AvgIpc) is 2.83. The zero-order valence-corrected chi connectivity index (χ0v) is 23.6. The molecule has 0 heterocycles. The monoisotopic (exact) mass is 494 g/mol. The van der Waals surface area contributed by atoms with Gasteiger partial charge in [-0.2, -0.15) is 0 Å². The molecule has 2 N–H and O–H groups in total. The van der Waals surface area contributed by atoms with Gasteiger partial charge in [-0.1, -0.05) is 85.3 Å². The smallest absolute Gasteiger partial charge is 0.0649 e. The second-order valence-electron chi connectivity index (χ2n) is 12.0. The summed E-state index contributed by atoms with van der Waals surface area (Å²) in [5.41, 5.74) is 5.02. The molecule has 0 bridgehead atoms. The molecule has 2 aliphatic carbocycles. The molecule has 0 saturated heterocycles. The maximum Gasteiger partial charge on any atom is 0.0649 e. The molecular weight excluding hydrogens is 444 g/mol. The Kier molecular flexibility index (Phi) is 10.2. The largest absolute Gasteiger partial charge is 0.392 e. The maximum absolute atomic E-state index is 10.6. The Morgan fingerprint density at radius 2 is 0.944 bits per heavy atom. The summed E-state index contributed by atoms with van der Waals surface area (Å²) in [5.74, 6) is 0. The van der Waals surface area contributed by atoms with Crippen molar-refractivity contribution in [1.29, 1.82) is 0 Å². The van der Waals surface area contributed by atoms with Gasteiger partial charge in [0, 0.05) is 23.9 Å². The van der Waals surface area contributed by atoms with Crippen LogP contribution in [0, 0.1) is 13.8 Å². The second kappa shape index (κ2) is 12.7. The zero-order valence-electron chi connectivity index (χ0n) is 23.6. The predicted octanol–water partition coefficient (Wildman–Crippen LogP) is 5.46. The SMILES string of the molecule is Cc1ccc([C@@]2(CN(C)C)CCCC[C@H]2O)cc1.Cc1ccc([C@]2(CN(C)C)CCCC[C@@H]2O)cc1. The van der Waals surface area contributed by atoms with E-state index >= 15 is 0 Å². The van der Waals surface area contributed by atoms with Crippen molar-refractivity contribution in [2.24, 2.45) is 0 Å². The summed E-state index contributed by atoms with van der Waals surface area (Å²) in [5, 5.41) is 21.1. The Labute approximate surface area is 220 Å². The first-order valence-corrected chi connectivity index (χ1v) is 13.9. The van der Waals surface area contributed by atoms with Crippen LogP contribution in [0.2, 0.25) is 0 Å². The number of aliphatic hydroxyl groups is 2. The molecule has 4 nitrogen and oxygen atoms in total. The molecule has 2 fully saturated rings. The molecule has 2 aliphatic rings. The highest BCUT2D eigenvalue weighted by Crippen LogP contribution is 2.41. The van der Waals surface area contributed by atoms with Crippen LogP contribution in [0.1, 0.15) is 73.6 Å². The fourth-order valence-corrected chi connectivity index (χ4v) is 6.57. The number of aliphatic hydroxyl groups excluding tert-OH is 2. The van der Waals surface area contributed by atoms with Crippen molar-refractivity contribution >= 4 is 0 Å². The Balaban J connectivity index is 0.000000201. The van der Waals surface area contributed by atoms with Gasteiger partial charge in [0.15, 0.2) is 0 Å². The summed E-state index contributed by atoms with van der Waals surface area (Å²) in [6.07, 6.45) is 8.38. The fourth-order valence-electron chi connectivity index (χ4n) is 6.57. The highest BCUT2D eigenvalue weighted by Gasteiger charge is 2.42. The van der Waals surface area contributed by atoms with Gasteiger partial charge in [0.2, 0.25) is 0 Å². The Bertz CT molecular complexity index is 847. The summed E-state index contributed by atoms with van der Waals surface area (Å²) in [4.78, 5) is 4.41. The molecule has 0 aliphatic heterocycles. The molecule has 4 heteroatoms. The van der Waals surface area contributed by atoms with Crippen LogP contribution in [-0.4, -0.2) is 73.5 Å². The number of hydrogen-bond acceptors (Lipinski definition) is 4. The van der Waals surface area contributed by atoms with Gasteiger partial charge in [-0.3, -0.25) is 0 Å². The first-order chi connectivity index (χ1) is 17.1. The van der Waals surface area contributed by atoms with E-state index in [4.69, 9.17) is 0 Å². The minimum absolute atomic E-state index is 0.0740. The second-order valence-corrected chi connectivity index (χ2v) is 12.0. The third-order valence-electron chi connectivity index (χ3n) is 8.43. The van der Waals surface area contributed by atoms with Crippen LogP contribution in [0.25, 0.3) is 0 Å². The van der Waals surface area contributed by atoms with Crippen molar-refractivity contribution < 1.29 is 10.2 Å². The standard InChI is InChI=1S/2C16H25NO/c2*1-13-7-9-14(10-8-13)16(12-17(2)3)11-5-4-6-15(16)18/h2*7-10,15,18H,4-6,11-12H2,1-3H3/t2*15-,16+/m10/s1. The number of hydrogen-bond donors (Lipinski definition) is 2. The number of nitrogens with zero attached hydrogens (tertiary/aromatic N) is 2. The van der Waals surface area contributed by atoms with Gasteiger partial charge >= 0.3 is 0 Å². The highest BCUT2D eigenvalue weighted by molar-refractivity contribution is 5.32. The topological polar surface area (TPSA) is 46.9 Å². The van der Waals surface area contributed by atoms with Crippen molar-refractivity contribution in [3.63, 3.8) is 0 Å². The molecule has 0 unspecified atom stereocenters. The van der Waals surface area contributed by atoms with Gasteiger partial charge in [0.05, 0.1) is 12.2 Å². The van der Waals surface area contributed by atoms with Crippen molar-refractivity contribution in [3.05, 3.63) is 70.8 Å². The van der Waals surface area contributed by atoms with E-state index in [0.29, 0.717) is 0 Å². The molecule has 4 atom stereocenters.